The van der Waals surface area contributed by atoms with Gasteiger partial charge in [0.05, 0.1) is 11.8 Å². The van der Waals surface area contributed by atoms with Gasteiger partial charge >= 0.3 is 0 Å². The van der Waals surface area contributed by atoms with Gasteiger partial charge in [-0.25, -0.2) is 0 Å². The lowest BCUT2D eigenvalue weighted by molar-refractivity contribution is 0.104. The number of hydrogen-bond acceptors (Lipinski definition) is 3. The van der Waals surface area contributed by atoms with Crippen LogP contribution in [0.1, 0.15) is 21.7 Å². The number of furan rings is 1. The number of phenolic OH excluding ortho intramolecular Hbond substituents is 1. The van der Waals surface area contributed by atoms with E-state index in [9.17, 15) is 9.90 Å². The average molecular weight is 228 g/mol. The summed E-state index contributed by atoms with van der Waals surface area (Å²) < 4.78 is 5.07. The molecule has 2 aromatic rings. The molecular weight excluding hydrogens is 216 g/mol. The van der Waals surface area contributed by atoms with Gasteiger partial charge in [-0.3, -0.25) is 4.79 Å². The second kappa shape index (κ2) is 4.70. The van der Waals surface area contributed by atoms with E-state index < -0.39 is 0 Å². The number of phenols is 1. The van der Waals surface area contributed by atoms with Crippen LogP contribution in [0.4, 0.5) is 0 Å². The van der Waals surface area contributed by atoms with Crippen molar-refractivity contribution < 1.29 is 14.3 Å². The van der Waals surface area contributed by atoms with Gasteiger partial charge in [0.25, 0.3) is 0 Å². The maximum atomic E-state index is 11.8. The predicted molar refractivity (Wildman–Crippen MR) is 64.9 cm³/mol. The van der Waals surface area contributed by atoms with Crippen LogP contribution in [0.2, 0.25) is 0 Å². The third kappa shape index (κ3) is 2.64. The summed E-state index contributed by atoms with van der Waals surface area (Å²) in [5, 5.41) is 9.58. The van der Waals surface area contributed by atoms with E-state index in [0.29, 0.717) is 11.3 Å². The van der Waals surface area contributed by atoms with Crippen molar-refractivity contribution in [1.29, 1.82) is 0 Å². The Hall–Kier alpha value is -2.29. The van der Waals surface area contributed by atoms with Gasteiger partial charge in [0, 0.05) is 0 Å². The maximum absolute atomic E-state index is 11.8. The second-order valence-electron chi connectivity index (χ2n) is 3.73. The topological polar surface area (TPSA) is 50.4 Å². The van der Waals surface area contributed by atoms with Gasteiger partial charge in [0.2, 0.25) is 0 Å². The molecule has 0 saturated carbocycles. The lowest BCUT2D eigenvalue weighted by Crippen LogP contribution is -1.95. The minimum Gasteiger partial charge on any atom is -0.507 e. The minimum atomic E-state index is -0.248. The van der Waals surface area contributed by atoms with Crippen LogP contribution in [-0.4, -0.2) is 10.9 Å². The molecule has 0 bridgehead atoms. The molecule has 1 aromatic heterocycles. The average Bonchev–Trinajstić information content (AvgIpc) is 2.82. The van der Waals surface area contributed by atoms with Crippen molar-refractivity contribution >= 4 is 11.9 Å². The van der Waals surface area contributed by atoms with Crippen LogP contribution >= 0.6 is 0 Å². The Balaban J connectivity index is 2.23. The van der Waals surface area contributed by atoms with Crippen molar-refractivity contribution in [2.24, 2.45) is 0 Å². The Morgan fingerprint density at radius 3 is 2.88 bits per heavy atom. The molecule has 17 heavy (non-hydrogen) atoms. The molecule has 3 heteroatoms. The van der Waals surface area contributed by atoms with Crippen molar-refractivity contribution in [3.05, 3.63) is 59.6 Å². The van der Waals surface area contributed by atoms with Crippen molar-refractivity contribution in [2.45, 2.75) is 6.92 Å². The monoisotopic (exact) mass is 228 g/mol. The van der Waals surface area contributed by atoms with Crippen LogP contribution in [0, 0.1) is 6.92 Å². The van der Waals surface area contributed by atoms with E-state index in [2.05, 4.69) is 0 Å². The van der Waals surface area contributed by atoms with Crippen LogP contribution in [0.3, 0.4) is 0 Å². The fourth-order valence-corrected chi connectivity index (χ4v) is 1.48. The zero-order chi connectivity index (χ0) is 12.3. The molecule has 0 saturated heterocycles. The number of aromatic hydroxyl groups is 1. The number of carbonyl (C=O) groups excluding carboxylic acids is 1. The Morgan fingerprint density at radius 2 is 2.18 bits per heavy atom. The molecule has 86 valence electrons. The summed E-state index contributed by atoms with van der Waals surface area (Å²) in [6, 6.07) is 8.42. The van der Waals surface area contributed by atoms with Gasteiger partial charge in [-0.1, -0.05) is 11.6 Å². The highest BCUT2D eigenvalue weighted by atomic mass is 16.3. The molecule has 0 aliphatic heterocycles. The summed E-state index contributed by atoms with van der Waals surface area (Å²) in [5.41, 5.74) is 1.23. The molecule has 1 N–H and O–H groups in total. The summed E-state index contributed by atoms with van der Waals surface area (Å²) in [7, 11) is 0. The van der Waals surface area contributed by atoms with E-state index in [1.165, 1.54) is 18.4 Å². The zero-order valence-corrected chi connectivity index (χ0v) is 9.38. The lowest BCUT2D eigenvalue weighted by Gasteiger charge is -2.01. The summed E-state index contributed by atoms with van der Waals surface area (Å²) in [6.45, 7) is 1.87. The van der Waals surface area contributed by atoms with Crippen LogP contribution in [-0.2, 0) is 0 Å². The molecule has 0 radical (unpaired) electrons. The standard InChI is InChI=1S/C14H12O3/c1-10-4-6-13(15)12(9-10)14(16)7-5-11-3-2-8-17-11/h2-9,15H,1H3/b7-5+. The minimum absolute atomic E-state index is 0.00954. The van der Waals surface area contributed by atoms with Gasteiger partial charge in [0.1, 0.15) is 11.5 Å². The lowest BCUT2D eigenvalue weighted by atomic mass is 10.1. The fourth-order valence-electron chi connectivity index (χ4n) is 1.48. The first-order chi connectivity index (χ1) is 8.16. The number of allylic oxidation sites excluding steroid dienone is 1. The third-order valence-electron chi connectivity index (χ3n) is 2.36. The number of ketones is 1. The van der Waals surface area contributed by atoms with E-state index in [-0.39, 0.29) is 11.5 Å². The van der Waals surface area contributed by atoms with Crippen LogP contribution < -0.4 is 0 Å². The quantitative estimate of drug-likeness (QED) is 0.648. The first-order valence-corrected chi connectivity index (χ1v) is 5.22. The van der Waals surface area contributed by atoms with Crippen molar-refractivity contribution in [1.82, 2.24) is 0 Å². The normalized spacial score (nSPS) is 10.9. The highest BCUT2D eigenvalue weighted by Gasteiger charge is 2.08. The number of rotatable bonds is 3. The molecule has 0 aliphatic carbocycles. The molecule has 2 rings (SSSR count). The van der Waals surface area contributed by atoms with E-state index >= 15 is 0 Å². The summed E-state index contributed by atoms with van der Waals surface area (Å²) in [6.07, 6.45) is 4.49. The fraction of sp³-hybridized carbons (Fsp3) is 0.0714. The smallest absolute Gasteiger partial charge is 0.189 e. The Kier molecular flexibility index (Phi) is 3.10. The molecule has 3 nitrogen and oxygen atoms in total. The van der Waals surface area contributed by atoms with Crippen molar-refractivity contribution in [3.8, 4) is 5.75 Å². The van der Waals surface area contributed by atoms with Gasteiger partial charge < -0.3 is 9.52 Å². The first kappa shape index (κ1) is 11.2. The van der Waals surface area contributed by atoms with Crippen molar-refractivity contribution in [3.63, 3.8) is 0 Å². The number of benzene rings is 1. The SMILES string of the molecule is Cc1ccc(O)c(C(=O)/C=C/c2ccco2)c1. The second-order valence-corrected chi connectivity index (χ2v) is 3.73. The Labute approximate surface area is 99.0 Å². The zero-order valence-electron chi connectivity index (χ0n) is 9.38. The summed E-state index contributed by atoms with van der Waals surface area (Å²) in [5.74, 6) is 0.345. The first-order valence-electron chi connectivity index (χ1n) is 5.22. The van der Waals surface area contributed by atoms with Gasteiger partial charge in [-0.2, -0.15) is 0 Å². The number of aryl methyl sites for hydroxylation is 1. The molecule has 0 amide bonds. The van der Waals surface area contributed by atoms with Gasteiger partial charge in [-0.05, 0) is 43.3 Å². The highest BCUT2D eigenvalue weighted by molar-refractivity contribution is 6.08. The predicted octanol–water partition coefficient (Wildman–Crippen LogP) is 3.19. The molecular formula is C14H12O3. The third-order valence-corrected chi connectivity index (χ3v) is 2.36. The van der Waals surface area contributed by atoms with Crippen LogP contribution in [0.5, 0.6) is 5.75 Å². The Morgan fingerprint density at radius 1 is 1.35 bits per heavy atom. The molecule has 1 aromatic carbocycles. The molecule has 0 atom stereocenters. The van der Waals surface area contributed by atoms with Crippen LogP contribution in [0.15, 0.2) is 47.1 Å². The maximum Gasteiger partial charge on any atom is 0.189 e. The van der Waals surface area contributed by atoms with Gasteiger partial charge in [-0.15, -0.1) is 0 Å². The highest BCUT2D eigenvalue weighted by Crippen LogP contribution is 2.19. The molecule has 0 aliphatic rings. The summed E-state index contributed by atoms with van der Waals surface area (Å²) in [4.78, 5) is 11.8. The van der Waals surface area contributed by atoms with E-state index in [1.54, 1.807) is 30.3 Å². The van der Waals surface area contributed by atoms with Crippen molar-refractivity contribution in [2.75, 3.05) is 0 Å². The molecule has 1 heterocycles. The number of carbonyl (C=O) groups is 1. The van der Waals surface area contributed by atoms with Crippen LogP contribution in [0.25, 0.3) is 6.08 Å². The molecule has 0 spiro atoms. The largest absolute Gasteiger partial charge is 0.507 e. The molecule has 0 fully saturated rings. The molecule has 0 unspecified atom stereocenters. The number of hydrogen-bond donors (Lipinski definition) is 1. The van der Waals surface area contributed by atoms with Gasteiger partial charge in [0.15, 0.2) is 5.78 Å². The Bertz CT molecular complexity index is 551. The summed E-state index contributed by atoms with van der Waals surface area (Å²) >= 11 is 0. The van der Waals surface area contributed by atoms with E-state index in [0.717, 1.165) is 5.56 Å². The van der Waals surface area contributed by atoms with E-state index in [4.69, 9.17) is 4.42 Å². The van der Waals surface area contributed by atoms with E-state index in [1.807, 2.05) is 6.92 Å².